The number of aryl methyl sites for hydroxylation is 2. The summed E-state index contributed by atoms with van der Waals surface area (Å²) >= 11 is 0. The monoisotopic (exact) mass is 438 g/mol. The molecule has 0 radical (unpaired) electrons. The van der Waals surface area contributed by atoms with Gasteiger partial charge in [0.25, 0.3) is 5.91 Å². The highest BCUT2D eigenvalue weighted by atomic mass is 19.1. The van der Waals surface area contributed by atoms with Gasteiger partial charge in [0.1, 0.15) is 17.3 Å². The molecule has 168 valence electrons. The second-order valence-electron chi connectivity index (χ2n) is 8.90. The molecule has 1 saturated carbocycles. The van der Waals surface area contributed by atoms with Gasteiger partial charge in [0, 0.05) is 30.4 Å². The van der Waals surface area contributed by atoms with Crippen LogP contribution in [0.25, 0.3) is 22.4 Å². The largest absolute Gasteiger partial charge is 0.394 e. The average molecular weight is 439 g/mol. The first-order valence-corrected chi connectivity index (χ1v) is 10.5. The Balaban J connectivity index is 1.79. The van der Waals surface area contributed by atoms with Gasteiger partial charge < -0.3 is 15.7 Å². The van der Waals surface area contributed by atoms with E-state index < -0.39 is 17.3 Å². The molecule has 3 aromatic rings. The smallest absolute Gasteiger partial charge is 0.254 e. The van der Waals surface area contributed by atoms with E-state index in [4.69, 9.17) is 0 Å². The maximum atomic E-state index is 14.6. The predicted octanol–water partition coefficient (Wildman–Crippen LogP) is 3.07. The third-order valence-electron chi connectivity index (χ3n) is 5.40. The molecule has 9 heteroatoms. The standard InChI is InChI=1S/C23H27FN6O2/c1-13-7-19(24)17(22(32)27-15-5-6-15)9-16(13)14-8-18(20-11-26-30(4)29-20)21(25-10-14)28-23(2,3)12-31/h7-11,15,31H,5-6,12H2,1-4H3,(H,25,28)(H,27,32). The molecule has 0 atom stereocenters. The number of pyridine rings is 1. The summed E-state index contributed by atoms with van der Waals surface area (Å²) in [5.74, 6) is -0.411. The highest BCUT2D eigenvalue weighted by Gasteiger charge is 2.26. The molecule has 0 bridgehead atoms. The Labute approximate surface area is 185 Å². The lowest BCUT2D eigenvalue weighted by Gasteiger charge is -2.25. The van der Waals surface area contributed by atoms with Crippen LogP contribution in [0, 0.1) is 12.7 Å². The fourth-order valence-corrected chi connectivity index (χ4v) is 3.38. The van der Waals surface area contributed by atoms with Crippen LogP contribution in [0.2, 0.25) is 0 Å². The molecule has 1 fully saturated rings. The first-order chi connectivity index (χ1) is 15.2. The van der Waals surface area contributed by atoms with Gasteiger partial charge in [-0.2, -0.15) is 15.0 Å². The lowest BCUT2D eigenvalue weighted by Crippen LogP contribution is -2.35. The summed E-state index contributed by atoms with van der Waals surface area (Å²) in [5.41, 5.74) is 2.81. The molecule has 4 rings (SSSR count). The molecule has 1 amide bonds. The molecule has 2 heterocycles. The van der Waals surface area contributed by atoms with Crippen LogP contribution in [0.3, 0.4) is 0 Å². The zero-order valence-electron chi connectivity index (χ0n) is 18.6. The van der Waals surface area contributed by atoms with Gasteiger partial charge in [0.15, 0.2) is 0 Å². The van der Waals surface area contributed by atoms with E-state index in [9.17, 15) is 14.3 Å². The molecular formula is C23H27FN6O2. The van der Waals surface area contributed by atoms with E-state index in [1.54, 1.807) is 32.4 Å². The van der Waals surface area contributed by atoms with Gasteiger partial charge in [0.2, 0.25) is 0 Å². The molecule has 3 N–H and O–H groups in total. The van der Waals surface area contributed by atoms with E-state index in [1.165, 1.54) is 10.9 Å². The third kappa shape index (κ3) is 4.62. The van der Waals surface area contributed by atoms with Gasteiger partial charge in [-0.15, -0.1) is 0 Å². The molecule has 0 saturated heterocycles. The van der Waals surface area contributed by atoms with Crippen molar-refractivity contribution in [3.63, 3.8) is 0 Å². The number of aliphatic hydroxyl groups is 1. The minimum absolute atomic E-state index is 0.0159. The van der Waals surface area contributed by atoms with Gasteiger partial charge in [-0.1, -0.05) is 0 Å². The first kappa shape index (κ1) is 21.9. The van der Waals surface area contributed by atoms with Gasteiger partial charge in [0.05, 0.1) is 23.9 Å². The Kier molecular flexibility index (Phi) is 5.68. The normalized spacial score (nSPS) is 13.8. The summed E-state index contributed by atoms with van der Waals surface area (Å²) in [6.07, 6.45) is 5.15. The van der Waals surface area contributed by atoms with Gasteiger partial charge in [-0.05, 0) is 62.9 Å². The fraction of sp³-hybridized carbons (Fsp3) is 0.391. The molecule has 2 aromatic heterocycles. The van der Waals surface area contributed by atoms with E-state index in [0.29, 0.717) is 28.2 Å². The van der Waals surface area contributed by atoms with Crippen LogP contribution in [0.1, 0.15) is 42.6 Å². The van der Waals surface area contributed by atoms with Crippen LogP contribution in [-0.2, 0) is 7.05 Å². The van der Waals surface area contributed by atoms with Crippen molar-refractivity contribution in [3.05, 3.63) is 47.5 Å². The number of carbonyl (C=O) groups excluding carboxylic acids is 1. The van der Waals surface area contributed by atoms with Crippen LogP contribution in [-0.4, -0.2) is 49.2 Å². The lowest BCUT2D eigenvalue weighted by molar-refractivity contribution is 0.0947. The fourth-order valence-electron chi connectivity index (χ4n) is 3.38. The number of aromatic nitrogens is 4. The Morgan fingerprint density at radius 2 is 2.00 bits per heavy atom. The van der Waals surface area contributed by atoms with Crippen LogP contribution in [0.15, 0.2) is 30.6 Å². The van der Waals surface area contributed by atoms with Gasteiger partial charge in [-0.25, -0.2) is 9.37 Å². The topological polar surface area (TPSA) is 105 Å². The number of amides is 1. The van der Waals surface area contributed by atoms with Gasteiger partial charge in [-0.3, -0.25) is 4.79 Å². The van der Waals surface area contributed by atoms with Crippen molar-refractivity contribution in [2.24, 2.45) is 7.05 Å². The van der Waals surface area contributed by atoms with Crippen LogP contribution in [0.5, 0.6) is 0 Å². The molecule has 1 aliphatic rings. The van der Waals surface area contributed by atoms with Crippen molar-refractivity contribution in [1.82, 2.24) is 25.3 Å². The van der Waals surface area contributed by atoms with E-state index in [1.807, 2.05) is 19.9 Å². The second kappa shape index (κ2) is 8.31. The van der Waals surface area contributed by atoms with E-state index in [2.05, 4.69) is 25.8 Å². The number of nitrogens with zero attached hydrogens (tertiary/aromatic N) is 4. The summed E-state index contributed by atoms with van der Waals surface area (Å²) in [5, 5.41) is 24.3. The number of halogens is 1. The average Bonchev–Trinajstić information content (AvgIpc) is 3.45. The maximum absolute atomic E-state index is 14.6. The number of benzene rings is 1. The Morgan fingerprint density at radius 3 is 2.62 bits per heavy atom. The highest BCUT2D eigenvalue weighted by Crippen LogP contribution is 2.33. The zero-order valence-corrected chi connectivity index (χ0v) is 18.6. The number of aliphatic hydroxyl groups excluding tert-OH is 1. The predicted molar refractivity (Wildman–Crippen MR) is 120 cm³/mol. The van der Waals surface area contributed by atoms with Crippen LogP contribution >= 0.6 is 0 Å². The second-order valence-corrected chi connectivity index (χ2v) is 8.90. The summed E-state index contributed by atoms with van der Waals surface area (Å²) in [7, 11) is 1.72. The Bertz CT molecular complexity index is 1170. The molecule has 0 spiro atoms. The van der Waals surface area contributed by atoms with Crippen LogP contribution in [0.4, 0.5) is 10.2 Å². The number of anilines is 1. The highest BCUT2D eigenvalue weighted by molar-refractivity contribution is 5.96. The summed E-state index contributed by atoms with van der Waals surface area (Å²) in [6.45, 7) is 5.42. The minimum atomic E-state index is -0.606. The maximum Gasteiger partial charge on any atom is 0.254 e. The van der Waals surface area contributed by atoms with Crippen molar-refractivity contribution < 1.29 is 14.3 Å². The van der Waals surface area contributed by atoms with Crippen molar-refractivity contribution in [2.75, 3.05) is 11.9 Å². The van der Waals surface area contributed by atoms with E-state index >= 15 is 0 Å². The quantitative estimate of drug-likeness (QED) is 0.524. The number of hydrogen-bond donors (Lipinski definition) is 3. The SMILES string of the molecule is Cc1cc(F)c(C(=O)NC2CC2)cc1-c1cnc(NC(C)(C)CO)c(-c2cnn(C)n2)c1. The zero-order chi connectivity index (χ0) is 23.0. The molecule has 0 aliphatic heterocycles. The van der Waals surface area contributed by atoms with Crippen molar-refractivity contribution >= 4 is 11.7 Å². The minimum Gasteiger partial charge on any atom is -0.394 e. The summed E-state index contributed by atoms with van der Waals surface area (Å²) < 4.78 is 14.6. The van der Waals surface area contributed by atoms with Crippen LogP contribution < -0.4 is 10.6 Å². The Hall–Kier alpha value is -3.33. The molecule has 32 heavy (non-hydrogen) atoms. The third-order valence-corrected chi connectivity index (χ3v) is 5.40. The number of nitrogens with one attached hydrogen (secondary N) is 2. The summed E-state index contributed by atoms with van der Waals surface area (Å²) in [6, 6.07) is 4.97. The summed E-state index contributed by atoms with van der Waals surface area (Å²) in [4.78, 5) is 18.6. The van der Waals surface area contributed by atoms with E-state index in [-0.39, 0.29) is 18.2 Å². The van der Waals surface area contributed by atoms with Crippen molar-refractivity contribution in [2.45, 2.75) is 45.2 Å². The molecular weight excluding hydrogens is 411 g/mol. The number of rotatable bonds is 7. The van der Waals surface area contributed by atoms with Crippen molar-refractivity contribution in [3.8, 4) is 22.4 Å². The molecule has 1 aromatic carbocycles. The number of hydrogen-bond acceptors (Lipinski definition) is 6. The molecule has 1 aliphatic carbocycles. The molecule has 8 nitrogen and oxygen atoms in total. The van der Waals surface area contributed by atoms with E-state index in [0.717, 1.165) is 18.4 Å². The molecule has 0 unspecified atom stereocenters. The number of carbonyl (C=O) groups is 1. The first-order valence-electron chi connectivity index (χ1n) is 10.5. The van der Waals surface area contributed by atoms with Gasteiger partial charge >= 0.3 is 0 Å². The Morgan fingerprint density at radius 1 is 1.25 bits per heavy atom. The van der Waals surface area contributed by atoms with Crippen molar-refractivity contribution in [1.29, 1.82) is 0 Å². The lowest BCUT2D eigenvalue weighted by atomic mass is 9.96.